The first-order chi connectivity index (χ1) is 7.81. The van der Waals surface area contributed by atoms with E-state index in [2.05, 4.69) is 37.5 Å². The van der Waals surface area contributed by atoms with Crippen molar-refractivity contribution in [3.05, 3.63) is 35.7 Å². The van der Waals surface area contributed by atoms with Crippen molar-refractivity contribution in [1.29, 1.82) is 0 Å². The van der Waals surface area contributed by atoms with E-state index in [1.54, 1.807) is 0 Å². The largest absolute Gasteiger partial charge is 0.377 e. The molecule has 0 bridgehead atoms. The van der Waals surface area contributed by atoms with Crippen molar-refractivity contribution in [2.24, 2.45) is 0 Å². The van der Waals surface area contributed by atoms with Crippen molar-refractivity contribution in [2.45, 2.75) is 18.6 Å². The molecule has 1 atom stereocenters. The van der Waals surface area contributed by atoms with Gasteiger partial charge in [-0.05, 0) is 37.3 Å². The molecule has 86 valence electrons. The highest BCUT2D eigenvalue weighted by Gasteiger charge is 2.10. The molecule has 16 heavy (non-hydrogen) atoms. The normalized spacial score (nSPS) is 18.0. The Morgan fingerprint density at radius 1 is 1.44 bits per heavy atom. The second kappa shape index (κ2) is 5.51. The highest BCUT2D eigenvalue weighted by Crippen LogP contribution is 2.26. The van der Waals surface area contributed by atoms with E-state index in [4.69, 9.17) is 9.72 Å². The highest BCUT2D eigenvalue weighted by atomic mass is 32.2. The van der Waals surface area contributed by atoms with Crippen LogP contribution in [-0.4, -0.2) is 24.5 Å². The molecule has 0 saturated heterocycles. The summed E-state index contributed by atoms with van der Waals surface area (Å²) in [5.74, 6) is 0. The Morgan fingerprint density at radius 2 is 2.31 bits per heavy atom. The second-order valence-corrected chi connectivity index (χ2v) is 5.06. The van der Waals surface area contributed by atoms with Crippen LogP contribution in [0.3, 0.4) is 0 Å². The summed E-state index contributed by atoms with van der Waals surface area (Å²) in [5, 5.41) is 0.459. The molecule has 0 spiro atoms. The average Bonchev–Trinajstić information content (AvgIpc) is 2.39. The zero-order chi connectivity index (χ0) is 11.4. The summed E-state index contributed by atoms with van der Waals surface area (Å²) < 4.78 is 5.31. The molecule has 0 unspecified atom stereocenters. The number of rotatable bonds is 3. The van der Waals surface area contributed by atoms with Gasteiger partial charge in [0.25, 0.3) is 0 Å². The first kappa shape index (κ1) is 11.7. The van der Waals surface area contributed by atoms with Crippen LogP contribution in [-0.2, 0) is 4.74 Å². The van der Waals surface area contributed by atoms with Crippen molar-refractivity contribution >= 4 is 17.3 Å². The monoisotopic (exact) mass is 235 g/mol. The predicted molar refractivity (Wildman–Crippen MR) is 69.6 cm³/mol. The lowest BCUT2D eigenvalue weighted by Gasteiger charge is -2.15. The molecule has 2 rings (SSSR count). The summed E-state index contributed by atoms with van der Waals surface area (Å²) in [6.45, 7) is 3.73. The van der Waals surface area contributed by atoms with Crippen LogP contribution in [0.4, 0.5) is 0 Å². The molecule has 1 aliphatic rings. The molecule has 0 aliphatic carbocycles. The van der Waals surface area contributed by atoms with E-state index >= 15 is 0 Å². The molecular formula is C13H17NOS. The zero-order valence-electron chi connectivity index (χ0n) is 9.77. The summed E-state index contributed by atoms with van der Waals surface area (Å²) >= 11 is 1.83. The number of nitrogens with zero attached hydrogens (tertiary/aromatic N) is 1. The molecule has 1 aliphatic heterocycles. The lowest BCUT2D eigenvalue weighted by molar-refractivity contribution is 0.161. The van der Waals surface area contributed by atoms with Crippen LogP contribution in [0, 0.1) is 0 Å². The maximum atomic E-state index is 5.31. The molecule has 2 nitrogen and oxygen atoms in total. The zero-order valence-corrected chi connectivity index (χ0v) is 10.6. The van der Waals surface area contributed by atoms with Gasteiger partial charge in [-0.15, -0.1) is 0 Å². The van der Waals surface area contributed by atoms with Crippen LogP contribution in [0.25, 0.3) is 5.57 Å². The molecule has 3 heteroatoms. The SMILES string of the molecule is CS[C@@H](C)c1cccc(C2=CCOCC2)n1. The third-order valence-electron chi connectivity index (χ3n) is 2.83. The van der Waals surface area contributed by atoms with Gasteiger partial charge in [-0.1, -0.05) is 12.1 Å². The predicted octanol–water partition coefficient (Wildman–Crippen LogP) is 3.31. The molecule has 0 aromatic carbocycles. The topological polar surface area (TPSA) is 22.1 Å². The molecule has 1 aromatic rings. The van der Waals surface area contributed by atoms with Gasteiger partial charge in [0.15, 0.2) is 0 Å². The first-order valence-corrected chi connectivity index (χ1v) is 6.87. The van der Waals surface area contributed by atoms with E-state index in [0.29, 0.717) is 5.25 Å². The Hall–Kier alpha value is -0.800. The Balaban J connectivity index is 2.24. The van der Waals surface area contributed by atoms with Gasteiger partial charge in [0.05, 0.1) is 24.6 Å². The van der Waals surface area contributed by atoms with E-state index in [0.717, 1.165) is 31.0 Å². The maximum Gasteiger partial charge on any atom is 0.0663 e. The first-order valence-electron chi connectivity index (χ1n) is 5.58. The Kier molecular flexibility index (Phi) is 4.02. The third kappa shape index (κ3) is 2.66. The lowest BCUT2D eigenvalue weighted by Crippen LogP contribution is -2.05. The van der Waals surface area contributed by atoms with Crippen molar-refractivity contribution < 1.29 is 4.74 Å². The lowest BCUT2D eigenvalue weighted by atomic mass is 10.1. The van der Waals surface area contributed by atoms with Gasteiger partial charge in [-0.25, -0.2) is 0 Å². The van der Waals surface area contributed by atoms with Gasteiger partial charge in [-0.2, -0.15) is 11.8 Å². The molecule has 0 amide bonds. The van der Waals surface area contributed by atoms with E-state index in [1.807, 2.05) is 11.8 Å². The van der Waals surface area contributed by atoms with Crippen LogP contribution in [0.5, 0.6) is 0 Å². The van der Waals surface area contributed by atoms with Gasteiger partial charge in [0, 0.05) is 5.25 Å². The number of aromatic nitrogens is 1. The van der Waals surface area contributed by atoms with E-state index in [1.165, 1.54) is 5.57 Å². The van der Waals surface area contributed by atoms with Gasteiger partial charge >= 0.3 is 0 Å². The summed E-state index contributed by atoms with van der Waals surface area (Å²) in [4.78, 5) is 4.72. The molecule has 0 N–H and O–H groups in total. The highest BCUT2D eigenvalue weighted by molar-refractivity contribution is 7.98. The van der Waals surface area contributed by atoms with Gasteiger partial charge in [0.2, 0.25) is 0 Å². The summed E-state index contributed by atoms with van der Waals surface area (Å²) in [7, 11) is 0. The smallest absolute Gasteiger partial charge is 0.0663 e. The number of thioether (sulfide) groups is 1. The van der Waals surface area contributed by atoms with Crippen LogP contribution >= 0.6 is 11.8 Å². The Bertz CT molecular complexity index is 389. The van der Waals surface area contributed by atoms with Crippen molar-refractivity contribution in [3.63, 3.8) is 0 Å². The van der Waals surface area contributed by atoms with Crippen LogP contribution in [0.1, 0.15) is 30.0 Å². The summed E-state index contributed by atoms with van der Waals surface area (Å²) in [6.07, 6.45) is 5.23. The summed E-state index contributed by atoms with van der Waals surface area (Å²) in [5.41, 5.74) is 3.60. The molecular weight excluding hydrogens is 218 g/mol. The standard InChI is InChI=1S/C13H17NOS/c1-10(16-2)12-4-3-5-13(14-12)11-6-8-15-9-7-11/h3-6,10H,7-9H2,1-2H3/t10-/m0/s1. The fourth-order valence-corrected chi connectivity index (χ4v) is 2.11. The quantitative estimate of drug-likeness (QED) is 0.802. The molecule has 1 aromatic heterocycles. The van der Waals surface area contributed by atoms with Crippen molar-refractivity contribution in [3.8, 4) is 0 Å². The number of hydrogen-bond acceptors (Lipinski definition) is 3. The molecule has 2 heterocycles. The minimum atomic E-state index is 0.459. The maximum absolute atomic E-state index is 5.31. The van der Waals surface area contributed by atoms with Gasteiger partial charge in [0.1, 0.15) is 0 Å². The average molecular weight is 235 g/mol. The van der Waals surface area contributed by atoms with E-state index in [-0.39, 0.29) is 0 Å². The van der Waals surface area contributed by atoms with Crippen molar-refractivity contribution in [1.82, 2.24) is 4.98 Å². The number of hydrogen-bond donors (Lipinski definition) is 0. The van der Waals surface area contributed by atoms with Crippen LogP contribution in [0.2, 0.25) is 0 Å². The van der Waals surface area contributed by atoms with Gasteiger partial charge in [-0.3, -0.25) is 4.98 Å². The van der Waals surface area contributed by atoms with Crippen LogP contribution < -0.4 is 0 Å². The van der Waals surface area contributed by atoms with Crippen LogP contribution in [0.15, 0.2) is 24.3 Å². The molecule has 0 radical (unpaired) electrons. The summed E-state index contributed by atoms with van der Waals surface area (Å²) in [6, 6.07) is 6.29. The van der Waals surface area contributed by atoms with Gasteiger partial charge < -0.3 is 4.74 Å². The second-order valence-electron chi connectivity index (χ2n) is 3.88. The Labute approximate surface area is 101 Å². The minimum absolute atomic E-state index is 0.459. The third-order valence-corrected chi connectivity index (χ3v) is 3.78. The number of ether oxygens (including phenoxy) is 1. The minimum Gasteiger partial charge on any atom is -0.377 e. The fourth-order valence-electron chi connectivity index (χ4n) is 1.74. The fraction of sp³-hybridized carbons (Fsp3) is 0.462. The van der Waals surface area contributed by atoms with E-state index < -0.39 is 0 Å². The molecule has 0 saturated carbocycles. The van der Waals surface area contributed by atoms with Crippen molar-refractivity contribution in [2.75, 3.05) is 19.5 Å². The molecule has 0 fully saturated rings. The van der Waals surface area contributed by atoms with E-state index in [9.17, 15) is 0 Å². The Morgan fingerprint density at radius 3 is 3.00 bits per heavy atom. The number of pyridine rings is 1.